The Balaban J connectivity index is 1.72. The molecular formula is C20H20ClN3O2. The van der Waals surface area contributed by atoms with Gasteiger partial charge in [0.25, 0.3) is 0 Å². The molecule has 26 heavy (non-hydrogen) atoms. The highest BCUT2D eigenvalue weighted by Crippen LogP contribution is 2.31. The predicted molar refractivity (Wildman–Crippen MR) is 105 cm³/mol. The van der Waals surface area contributed by atoms with Crippen molar-refractivity contribution >= 4 is 39.4 Å². The quantitative estimate of drug-likeness (QED) is 0.698. The number of likely N-dealkylation sites (N-methyl/N-ethyl adjacent to an activating group) is 1. The molecule has 0 radical (unpaired) electrons. The van der Waals surface area contributed by atoms with E-state index in [1.54, 1.807) is 12.3 Å². The molecule has 0 bridgehead atoms. The van der Waals surface area contributed by atoms with E-state index in [1.807, 2.05) is 32.3 Å². The predicted octanol–water partition coefficient (Wildman–Crippen LogP) is 3.58. The molecule has 4 rings (SSSR count). The van der Waals surface area contributed by atoms with Gasteiger partial charge >= 0.3 is 0 Å². The van der Waals surface area contributed by atoms with Crippen molar-refractivity contribution < 1.29 is 9.15 Å². The third-order valence-electron chi connectivity index (χ3n) is 4.37. The Bertz CT molecular complexity index is 1070. The van der Waals surface area contributed by atoms with Gasteiger partial charge in [0.15, 0.2) is 0 Å². The topological polar surface area (TPSA) is 50.0 Å². The summed E-state index contributed by atoms with van der Waals surface area (Å²) in [4.78, 5) is 2.09. The van der Waals surface area contributed by atoms with Crippen LogP contribution < -0.4 is 10.8 Å². The van der Waals surface area contributed by atoms with Gasteiger partial charge in [-0.25, -0.2) is 0 Å². The van der Waals surface area contributed by atoms with Crippen LogP contribution in [-0.4, -0.2) is 38.8 Å². The summed E-state index contributed by atoms with van der Waals surface area (Å²) in [5.41, 5.74) is 5.87. The van der Waals surface area contributed by atoms with Gasteiger partial charge < -0.3 is 14.1 Å². The summed E-state index contributed by atoms with van der Waals surface area (Å²) in [7, 11) is 4.06. The highest BCUT2D eigenvalue weighted by Gasteiger charge is 2.13. The lowest BCUT2D eigenvalue weighted by Gasteiger charge is -2.13. The van der Waals surface area contributed by atoms with Crippen molar-refractivity contribution in [2.45, 2.75) is 0 Å². The van der Waals surface area contributed by atoms with Crippen molar-refractivity contribution in [3.05, 3.63) is 58.2 Å². The number of halogens is 1. The molecule has 1 aromatic heterocycles. The number of nitrogens with one attached hydrogen (secondary N) is 1. The molecule has 1 N–H and O–H groups in total. The number of fused-ring (bicyclic) bond motifs is 5. The maximum absolute atomic E-state index is 6.32. The molecule has 0 amide bonds. The molecule has 0 unspecified atom stereocenters. The van der Waals surface area contributed by atoms with Crippen LogP contribution >= 0.6 is 11.6 Å². The first kappa shape index (κ1) is 17.1. The first-order valence-electron chi connectivity index (χ1n) is 8.49. The standard InChI is InChI=1S/C20H20ClN3O2/c1-24(2)7-9-25-12-14-10-13-4-3-5-15-16(19(13)23-22-14)11-17-18(21)6-8-26-20(15)17/h3-6,8,10-11,22H,7,9,12H2,1-2H3. The highest BCUT2D eigenvalue weighted by atomic mass is 35.5. The van der Waals surface area contributed by atoms with Crippen molar-refractivity contribution in [3.63, 3.8) is 0 Å². The van der Waals surface area contributed by atoms with Crippen molar-refractivity contribution in [1.29, 1.82) is 0 Å². The van der Waals surface area contributed by atoms with Crippen LogP contribution in [-0.2, 0) is 4.74 Å². The first-order chi connectivity index (χ1) is 12.6. The molecule has 0 fully saturated rings. The molecule has 2 aromatic carbocycles. The average Bonchev–Trinajstić information content (AvgIpc) is 2.89. The van der Waals surface area contributed by atoms with Crippen LogP contribution in [0.25, 0.3) is 27.8 Å². The number of hydrogen-bond donors (Lipinski definition) is 1. The van der Waals surface area contributed by atoms with Crippen LogP contribution in [0.2, 0.25) is 5.02 Å². The molecule has 0 saturated heterocycles. The number of rotatable bonds is 5. The summed E-state index contributed by atoms with van der Waals surface area (Å²) < 4.78 is 11.4. The Morgan fingerprint density at radius 2 is 2.08 bits per heavy atom. The van der Waals surface area contributed by atoms with Gasteiger partial charge in [-0.3, -0.25) is 5.43 Å². The molecule has 0 spiro atoms. The van der Waals surface area contributed by atoms with Gasteiger partial charge in [0.1, 0.15) is 5.58 Å². The molecule has 5 nitrogen and oxygen atoms in total. The Hall–Kier alpha value is -2.34. The summed E-state index contributed by atoms with van der Waals surface area (Å²) in [6.45, 7) is 2.07. The summed E-state index contributed by atoms with van der Waals surface area (Å²) in [6.07, 6.45) is 3.69. The first-order valence-corrected chi connectivity index (χ1v) is 8.87. The zero-order chi connectivity index (χ0) is 18.1. The Kier molecular flexibility index (Phi) is 4.68. The molecule has 1 aliphatic rings. The van der Waals surface area contributed by atoms with Gasteiger partial charge in [0.2, 0.25) is 0 Å². The summed E-state index contributed by atoms with van der Waals surface area (Å²) in [5.74, 6) is 0. The fraction of sp³-hybridized carbons (Fsp3) is 0.250. The van der Waals surface area contributed by atoms with E-state index in [1.165, 1.54) is 0 Å². The van der Waals surface area contributed by atoms with E-state index in [0.717, 1.165) is 44.9 Å². The molecule has 0 atom stereocenters. The SMILES string of the molecule is CN(C)CCOCC1=Cc2cccc3c(cc4c(Cl)ccoc43)c2=NN1. The minimum atomic E-state index is 0.503. The molecule has 6 heteroatoms. The second-order valence-electron chi connectivity index (χ2n) is 6.56. The second kappa shape index (κ2) is 7.11. The van der Waals surface area contributed by atoms with Gasteiger partial charge in [0.05, 0.1) is 35.6 Å². The fourth-order valence-corrected chi connectivity index (χ4v) is 3.24. The number of nitrogens with zero attached hydrogens (tertiary/aromatic N) is 2. The van der Waals surface area contributed by atoms with Crippen molar-refractivity contribution in [2.24, 2.45) is 5.10 Å². The van der Waals surface area contributed by atoms with E-state index >= 15 is 0 Å². The van der Waals surface area contributed by atoms with Gasteiger partial charge in [-0.05, 0) is 32.3 Å². The van der Waals surface area contributed by atoms with Gasteiger partial charge in [-0.1, -0.05) is 29.8 Å². The average molecular weight is 370 g/mol. The monoisotopic (exact) mass is 369 g/mol. The molecule has 134 valence electrons. The van der Waals surface area contributed by atoms with Crippen molar-refractivity contribution in [3.8, 4) is 0 Å². The zero-order valence-electron chi connectivity index (χ0n) is 14.8. The lowest BCUT2D eigenvalue weighted by Crippen LogP contribution is -2.24. The molecule has 0 saturated carbocycles. The van der Waals surface area contributed by atoms with E-state index in [9.17, 15) is 0 Å². The van der Waals surface area contributed by atoms with E-state index < -0.39 is 0 Å². The maximum Gasteiger partial charge on any atom is 0.143 e. The molecule has 3 aromatic rings. The molecular weight excluding hydrogens is 350 g/mol. The molecule has 1 aliphatic heterocycles. The molecule has 2 heterocycles. The number of ether oxygens (including phenoxy) is 1. The van der Waals surface area contributed by atoms with E-state index in [-0.39, 0.29) is 0 Å². The van der Waals surface area contributed by atoms with Crippen LogP contribution in [0.3, 0.4) is 0 Å². The largest absolute Gasteiger partial charge is 0.464 e. The Labute approximate surface area is 156 Å². The maximum atomic E-state index is 6.32. The van der Waals surface area contributed by atoms with E-state index in [4.69, 9.17) is 20.8 Å². The van der Waals surface area contributed by atoms with Gasteiger partial charge in [-0.2, -0.15) is 5.10 Å². The van der Waals surface area contributed by atoms with Crippen molar-refractivity contribution in [1.82, 2.24) is 10.3 Å². The van der Waals surface area contributed by atoms with Gasteiger partial charge in [-0.15, -0.1) is 0 Å². The second-order valence-corrected chi connectivity index (χ2v) is 6.97. The fourth-order valence-electron chi connectivity index (χ4n) is 3.05. The van der Waals surface area contributed by atoms with Gasteiger partial charge in [0, 0.05) is 28.3 Å². The van der Waals surface area contributed by atoms with E-state index in [2.05, 4.69) is 27.6 Å². The Morgan fingerprint density at radius 3 is 2.92 bits per heavy atom. The van der Waals surface area contributed by atoms with Crippen molar-refractivity contribution in [2.75, 3.05) is 33.9 Å². The third-order valence-corrected chi connectivity index (χ3v) is 4.70. The lowest BCUT2D eigenvalue weighted by atomic mass is 10.2. The highest BCUT2D eigenvalue weighted by molar-refractivity contribution is 6.36. The van der Waals surface area contributed by atoms with E-state index in [0.29, 0.717) is 18.2 Å². The van der Waals surface area contributed by atoms with Crippen LogP contribution in [0.5, 0.6) is 0 Å². The Morgan fingerprint density at radius 1 is 1.19 bits per heavy atom. The number of hydrogen-bond acceptors (Lipinski definition) is 5. The zero-order valence-corrected chi connectivity index (χ0v) is 15.5. The molecule has 0 aliphatic carbocycles. The summed E-state index contributed by atoms with van der Waals surface area (Å²) in [5, 5.41) is 9.04. The van der Waals surface area contributed by atoms with Crippen LogP contribution in [0, 0.1) is 0 Å². The third kappa shape index (κ3) is 3.21. The summed E-state index contributed by atoms with van der Waals surface area (Å²) >= 11 is 6.32. The van der Waals surface area contributed by atoms with Crippen LogP contribution in [0.1, 0.15) is 5.56 Å². The minimum absolute atomic E-state index is 0.503. The van der Waals surface area contributed by atoms with Crippen LogP contribution in [0.4, 0.5) is 0 Å². The summed E-state index contributed by atoms with van der Waals surface area (Å²) in [6, 6.07) is 9.89. The lowest BCUT2D eigenvalue weighted by molar-refractivity contribution is 0.133. The normalized spacial score (nSPS) is 13.5. The minimum Gasteiger partial charge on any atom is -0.464 e. The smallest absolute Gasteiger partial charge is 0.143 e. The van der Waals surface area contributed by atoms with Crippen LogP contribution in [0.15, 0.2) is 51.8 Å².